The predicted molar refractivity (Wildman–Crippen MR) is 83.0 cm³/mol. The summed E-state index contributed by atoms with van der Waals surface area (Å²) in [5.41, 5.74) is 0.0566. The van der Waals surface area contributed by atoms with Crippen LogP contribution >= 0.6 is 39.1 Å². The number of nitrogens with one attached hydrogen (secondary N) is 2. The summed E-state index contributed by atoms with van der Waals surface area (Å²) in [6, 6.07) is 3.43. The average molecular weight is 366 g/mol. The molecule has 1 heterocycles. The van der Waals surface area contributed by atoms with Crippen molar-refractivity contribution in [3.05, 3.63) is 26.7 Å². The average Bonchev–Trinajstić information content (AvgIpc) is 2.34. The first-order valence-corrected chi connectivity index (χ1v) is 7.64. The lowest BCUT2D eigenvalue weighted by Gasteiger charge is -2.32. The van der Waals surface area contributed by atoms with Crippen molar-refractivity contribution >= 4 is 50.7 Å². The zero-order chi connectivity index (χ0) is 14.0. The van der Waals surface area contributed by atoms with Gasteiger partial charge in [0, 0.05) is 11.0 Å². The number of piperidine rings is 1. The Labute approximate surface area is 131 Å². The minimum absolute atomic E-state index is 0.0502. The quantitative estimate of drug-likeness (QED) is 0.828. The van der Waals surface area contributed by atoms with Crippen molar-refractivity contribution in [3.63, 3.8) is 0 Å². The Morgan fingerprint density at radius 3 is 2.58 bits per heavy atom. The van der Waals surface area contributed by atoms with Crippen molar-refractivity contribution in [1.82, 2.24) is 5.32 Å². The summed E-state index contributed by atoms with van der Waals surface area (Å²) in [6.07, 6.45) is 1.85. The molecular weight excluding hydrogens is 351 g/mol. The van der Waals surface area contributed by atoms with E-state index in [0.717, 1.165) is 23.9 Å². The molecule has 1 saturated heterocycles. The lowest BCUT2D eigenvalue weighted by molar-refractivity contribution is -0.125. The molecule has 0 saturated carbocycles. The molecule has 3 nitrogen and oxygen atoms in total. The zero-order valence-electron chi connectivity index (χ0n) is 10.5. The van der Waals surface area contributed by atoms with Crippen LogP contribution in [0.25, 0.3) is 0 Å². The van der Waals surface area contributed by atoms with E-state index >= 15 is 0 Å². The van der Waals surface area contributed by atoms with Crippen LogP contribution in [0.5, 0.6) is 0 Å². The van der Waals surface area contributed by atoms with Crippen molar-refractivity contribution in [2.75, 3.05) is 18.4 Å². The van der Waals surface area contributed by atoms with Gasteiger partial charge in [-0.2, -0.15) is 0 Å². The number of amides is 1. The first-order chi connectivity index (χ1) is 8.92. The summed E-state index contributed by atoms with van der Waals surface area (Å²) in [4.78, 5) is 12.4. The van der Waals surface area contributed by atoms with E-state index in [1.807, 2.05) is 6.92 Å². The van der Waals surface area contributed by atoms with Gasteiger partial charge in [0.1, 0.15) is 0 Å². The van der Waals surface area contributed by atoms with E-state index in [4.69, 9.17) is 23.2 Å². The van der Waals surface area contributed by atoms with Crippen molar-refractivity contribution < 1.29 is 4.79 Å². The Morgan fingerprint density at radius 1 is 1.42 bits per heavy atom. The summed E-state index contributed by atoms with van der Waals surface area (Å²) in [6.45, 7) is 3.59. The molecule has 1 amide bonds. The number of carbonyl (C=O) groups excluding carboxylic acids is 1. The highest BCUT2D eigenvalue weighted by Gasteiger charge is 2.35. The highest BCUT2D eigenvalue weighted by molar-refractivity contribution is 9.10. The third kappa shape index (κ3) is 3.43. The largest absolute Gasteiger partial charge is 0.323 e. The molecule has 6 heteroatoms. The SMILES string of the molecule is CC1(C(=O)Nc2c(Cl)cc(Br)cc2Cl)CCCNC1. The van der Waals surface area contributed by atoms with E-state index in [0.29, 0.717) is 22.3 Å². The molecule has 19 heavy (non-hydrogen) atoms. The Balaban J connectivity index is 2.19. The van der Waals surface area contributed by atoms with Gasteiger partial charge in [0.15, 0.2) is 0 Å². The molecule has 1 aromatic carbocycles. The van der Waals surface area contributed by atoms with E-state index in [2.05, 4.69) is 26.6 Å². The van der Waals surface area contributed by atoms with Crippen molar-refractivity contribution in [2.45, 2.75) is 19.8 Å². The van der Waals surface area contributed by atoms with E-state index in [-0.39, 0.29) is 5.91 Å². The monoisotopic (exact) mass is 364 g/mol. The van der Waals surface area contributed by atoms with Crippen LogP contribution in [0.1, 0.15) is 19.8 Å². The summed E-state index contributed by atoms with van der Waals surface area (Å²) in [5, 5.41) is 6.96. The smallest absolute Gasteiger partial charge is 0.231 e. The zero-order valence-corrected chi connectivity index (χ0v) is 13.6. The van der Waals surface area contributed by atoms with Gasteiger partial charge in [-0.1, -0.05) is 39.1 Å². The van der Waals surface area contributed by atoms with Crippen molar-refractivity contribution in [2.24, 2.45) is 5.41 Å². The molecule has 1 aliphatic rings. The minimum Gasteiger partial charge on any atom is -0.323 e. The molecule has 1 unspecified atom stereocenters. The summed E-state index contributed by atoms with van der Waals surface area (Å²) in [7, 11) is 0. The fourth-order valence-electron chi connectivity index (χ4n) is 2.18. The maximum atomic E-state index is 12.4. The Bertz CT molecular complexity index is 478. The lowest BCUT2D eigenvalue weighted by Crippen LogP contribution is -2.46. The predicted octanol–water partition coefficient (Wildman–Crippen LogP) is 4.08. The molecule has 2 N–H and O–H groups in total. The molecule has 0 radical (unpaired) electrons. The Hall–Kier alpha value is -0.290. The second kappa shape index (κ2) is 6.00. The molecule has 104 valence electrons. The molecule has 1 fully saturated rings. The van der Waals surface area contributed by atoms with Gasteiger partial charge >= 0.3 is 0 Å². The van der Waals surface area contributed by atoms with E-state index < -0.39 is 5.41 Å². The van der Waals surface area contributed by atoms with E-state index in [1.165, 1.54) is 0 Å². The van der Waals surface area contributed by atoms with E-state index in [1.54, 1.807) is 12.1 Å². The number of rotatable bonds is 2. The van der Waals surface area contributed by atoms with Gasteiger partial charge in [-0.15, -0.1) is 0 Å². The number of hydrogen-bond donors (Lipinski definition) is 2. The topological polar surface area (TPSA) is 41.1 Å². The van der Waals surface area contributed by atoms with Gasteiger partial charge < -0.3 is 10.6 Å². The van der Waals surface area contributed by atoms with Crippen LogP contribution < -0.4 is 10.6 Å². The normalized spacial score (nSPS) is 23.2. The number of hydrogen-bond acceptors (Lipinski definition) is 2. The van der Waals surface area contributed by atoms with Gasteiger partial charge in [-0.3, -0.25) is 4.79 Å². The number of anilines is 1. The third-order valence-corrected chi connectivity index (χ3v) is 4.44. The summed E-state index contributed by atoms with van der Waals surface area (Å²) >= 11 is 15.5. The Morgan fingerprint density at radius 2 is 2.05 bits per heavy atom. The second-order valence-electron chi connectivity index (χ2n) is 5.04. The molecule has 0 aromatic heterocycles. The third-order valence-electron chi connectivity index (χ3n) is 3.39. The number of carbonyl (C=O) groups is 1. The van der Waals surface area contributed by atoms with Crippen LogP contribution in [0.4, 0.5) is 5.69 Å². The van der Waals surface area contributed by atoms with Crippen LogP contribution in [-0.2, 0) is 4.79 Å². The van der Waals surface area contributed by atoms with Crippen molar-refractivity contribution in [1.29, 1.82) is 0 Å². The Kier molecular flexibility index (Phi) is 4.77. The van der Waals surface area contributed by atoms with Gasteiger partial charge in [-0.25, -0.2) is 0 Å². The molecule has 1 aromatic rings. The maximum absolute atomic E-state index is 12.4. The van der Waals surface area contributed by atoms with Gasteiger partial charge in [0.25, 0.3) is 0 Å². The van der Waals surface area contributed by atoms with Gasteiger partial charge in [-0.05, 0) is 38.4 Å². The molecule has 2 rings (SSSR count). The second-order valence-corrected chi connectivity index (χ2v) is 6.77. The van der Waals surface area contributed by atoms with Crippen molar-refractivity contribution in [3.8, 4) is 0 Å². The fraction of sp³-hybridized carbons (Fsp3) is 0.462. The van der Waals surface area contributed by atoms with Crippen LogP contribution in [0, 0.1) is 5.41 Å². The highest BCUT2D eigenvalue weighted by atomic mass is 79.9. The first kappa shape index (κ1) is 15.1. The van der Waals surface area contributed by atoms with E-state index in [9.17, 15) is 4.79 Å². The summed E-state index contributed by atoms with van der Waals surface area (Å²) in [5.74, 6) is -0.0502. The molecular formula is C13H15BrCl2N2O. The molecule has 0 aliphatic carbocycles. The molecule has 0 bridgehead atoms. The van der Waals surface area contributed by atoms with Crippen LogP contribution in [0.3, 0.4) is 0 Å². The maximum Gasteiger partial charge on any atom is 0.231 e. The minimum atomic E-state index is -0.419. The number of halogens is 3. The molecule has 1 atom stereocenters. The first-order valence-electron chi connectivity index (χ1n) is 6.09. The molecule has 0 spiro atoms. The summed E-state index contributed by atoms with van der Waals surface area (Å²) < 4.78 is 0.783. The highest BCUT2D eigenvalue weighted by Crippen LogP contribution is 2.36. The standard InChI is InChI=1S/C13H15BrCl2N2O/c1-13(3-2-4-17-7-13)12(19)18-11-9(15)5-8(14)6-10(11)16/h5-6,17H,2-4,7H2,1H3,(H,18,19). The van der Waals surface area contributed by atoms with Crippen LogP contribution in [-0.4, -0.2) is 19.0 Å². The van der Waals surface area contributed by atoms with Gasteiger partial charge in [0.2, 0.25) is 5.91 Å². The fourth-order valence-corrected chi connectivity index (χ4v) is 3.48. The van der Waals surface area contributed by atoms with Crippen LogP contribution in [0.2, 0.25) is 10.0 Å². The number of benzene rings is 1. The van der Waals surface area contributed by atoms with Gasteiger partial charge in [0.05, 0.1) is 21.1 Å². The van der Waals surface area contributed by atoms with Crippen LogP contribution in [0.15, 0.2) is 16.6 Å². The lowest BCUT2D eigenvalue weighted by atomic mass is 9.82. The molecule has 1 aliphatic heterocycles.